The quantitative estimate of drug-likeness (QED) is 0.820. The molecule has 0 saturated heterocycles. The van der Waals surface area contributed by atoms with Crippen LogP contribution in [0.5, 0.6) is 0 Å². The summed E-state index contributed by atoms with van der Waals surface area (Å²) in [6.07, 6.45) is 7.75. The topological polar surface area (TPSA) is 42.2 Å². The van der Waals surface area contributed by atoms with Crippen LogP contribution in [0.4, 0.5) is 0 Å². The third-order valence-corrected chi connectivity index (χ3v) is 4.02. The summed E-state index contributed by atoms with van der Waals surface area (Å²) in [4.78, 5) is 11.9. The summed E-state index contributed by atoms with van der Waals surface area (Å²) in [6, 6.07) is 3.44. The van der Waals surface area contributed by atoms with Crippen LogP contribution in [0.2, 0.25) is 0 Å². The van der Waals surface area contributed by atoms with Crippen LogP contribution in [0.3, 0.4) is 0 Å². The minimum absolute atomic E-state index is 0.139. The summed E-state index contributed by atoms with van der Waals surface area (Å²) in [7, 11) is 0. The van der Waals surface area contributed by atoms with Crippen LogP contribution >= 0.6 is 11.6 Å². The first-order chi connectivity index (χ1) is 9.16. The second kappa shape index (κ2) is 6.99. The first kappa shape index (κ1) is 14.4. The molecule has 19 heavy (non-hydrogen) atoms. The molecular formula is C15H22ClNO2. The largest absolute Gasteiger partial charge is 0.454 e. The standard InChI is InChI=1S/C15H22ClNO2/c1-11(16)13-7-8-14(19-13)15(18)17-10-9-12-5-3-2-4-6-12/h7-8,11-12H,2-6,9-10H2,1H3,(H,17,18). The highest BCUT2D eigenvalue weighted by atomic mass is 35.5. The van der Waals surface area contributed by atoms with E-state index in [2.05, 4.69) is 5.32 Å². The zero-order valence-corrected chi connectivity index (χ0v) is 12.2. The maximum absolute atomic E-state index is 11.9. The maximum Gasteiger partial charge on any atom is 0.286 e. The zero-order valence-electron chi connectivity index (χ0n) is 11.5. The lowest BCUT2D eigenvalue weighted by atomic mass is 9.87. The Balaban J connectivity index is 1.74. The second-order valence-corrected chi connectivity index (χ2v) is 6.02. The van der Waals surface area contributed by atoms with Crippen molar-refractivity contribution in [2.75, 3.05) is 6.54 Å². The Bertz CT molecular complexity index is 408. The molecule has 1 unspecified atom stereocenters. The summed E-state index contributed by atoms with van der Waals surface area (Å²) < 4.78 is 5.41. The molecule has 1 saturated carbocycles. The van der Waals surface area contributed by atoms with Crippen molar-refractivity contribution in [3.05, 3.63) is 23.7 Å². The Morgan fingerprint density at radius 2 is 2.16 bits per heavy atom. The summed E-state index contributed by atoms with van der Waals surface area (Å²) >= 11 is 5.90. The molecule has 1 aromatic heterocycles. The smallest absolute Gasteiger partial charge is 0.286 e. The number of hydrogen-bond acceptors (Lipinski definition) is 2. The van der Waals surface area contributed by atoms with E-state index in [-0.39, 0.29) is 11.3 Å². The average Bonchev–Trinajstić information content (AvgIpc) is 2.89. The molecule has 0 spiro atoms. The number of rotatable bonds is 5. The minimum Gasteiger partial charge on any atom is -0.454 e. The van der Waals surface area contributed by atoms with E-state index in [0.717, 1.165) is 18.9 Å². The Kier molecular flexibility index (Phi) is 5.32. The van der Waals surface area contributed by atoms with Crippen LogP contribution in [0.15, 0.2) is 16.5 Å². The number of carbonyl (C=O) groups excluding carboxylic acids is 1. The fourth-order valence-electron chi connectivity index (χ4n) is 2.64. The van der Waals surface area contributed by atoms with Gasteiger partial charge in [0, 0.05) is 6.54 Å². The Morgan fingerprint density at radius 3 is 2.79 bits per heavy atom. The highest BCUT2D eigenvalue weighted by molar-refractivity contribution is 6.20. The van der Waals surface area contributed by atoms with Crippen LogP contribution in [0.1, 0.15) is 67.1 Å². The first-order valence-corrected chi connectivity index (χ1v) is 7.62. The van der Waals surface area contributed by atoms with E-state index in [1.165, 1.54) is 32.1 Å². The molecule has 1 aliphatic carbocycles. The molecule has 0 radical (unpaired) electrons. The van der Waals surface area contributed by atoms with Crippen LogP contribution in [-0.4, -0.2) is 12.5 Å². The van der Waals surface area contributed by atoms with Crippen LogP contribution in [-0.2, 0) is 0 Å². The van der Waals surface area contributed by atoms with E-state index < -0.39 is 0 Å². The van der Waals surface area contributed by atoms with Gasteiger partial charge in [0.1, 0.15) is 5.76 Å². The third kappa shape index (κ3) is 4.27. The van der Waals surface area contributed by atoms with Gasteiger partial charge in [-0.1, -0.05) is 32.1 Å². The molecule has 0 aliphatic heterocycles. The molecule has 1 fully saturated rings. The minimum atomic E-state index is -0.205. The van der Waals surface area contributed by atoms with E-state index >= 15 is 0 Å². The van der Waals surface area contributed by atoms with E-state index in [9.17, 15) is 4.79 Å². The lowest BCUT2D eigenvalue weighted by Crippen LogP contribution is -2.26. The van der Waals surface area contributed by atoms with Crippen molar-refractivity contribution < 1.29 is 9.21 Å². The van der Waals surface area contributed by atoms with Gasteiger partial charge in [0.05, 0.1) is 5.38 Å². The van der Waals surface area contributed by atoms with Crippen molar-refractivity contribution in [1.82, 2.24) is 5.32 Å². The van der Waals surface area contributed by atoms with Gasteiger partial charge in [0.15, 0.2) is 5.76 Å². The first-order valence-electron chi connectivity index (χ1n) is 7.19. The summed E-state index contributed by atoms with van der Waals surface area (Å²) in [5, 5.41) is 2.72. The Labute approximate surface area is 119 Å². The average molecular weight is 284 g/mol. The fourth-order valence-corrected chi connectivity index (χ4v) is 2.76. The number of halogens is 1. The zero-order chi connectivity index (χ0) is 13.7. The second-order valence-electron chi connectivity index (χ2n) is 5.37. The van der Waals surface area contributed by atoms with Gasteiger partial charge in [-0.2, -0.15) is 0 Å². The van der Waals surface area contributed by atoms with Gasteiger partial charge in [0.2, 0.25) is 0 Å². The Hall–Kier alpha value is -0.960. The fraction of sp³-hybridized carbons (Fsp3) is 0.667. The van der Waals surface area contributed by atoms with E-state index in [0.29, 0.717) is 11.5 Å². The molecule has 1 amide bonds. The lowest BCUT2D eigenvalue weighted by molar-refractivity contribution is 0.0921. The van der Waals surface area contributed by atoms with Crippen LogP contribution in [0.25, 0.3) is 0 Å². The molecule has 1 aliphatic rings. The lowest BCUT2D eigenvalue weighted by Gasteiger charge is -2.21. The predicted octanol–water partition coefficient (Wildman–Crippen LogP) is 4.28. The molecule has 106 valence electrons. The number of hydrogen-bond donors (Lipinski definition) is 1. The molecule has 1 aromatic rings. The van der Waals surface area contributed by atoms with Gasteiger partial charge in [-0.25, -0.2) is 0 Å². The van der Waals surface area contributed by atoms with Gasteiger partial charge >= 0.3 is 0 Å². The number of nitrogens with one attached hydrogen (secondary N) is 1. The third-order valence-electron chi connectivity index (χ3n) is 3.81. The maximum atomic E-state index is 11.9. The number of carbonyl (C=O) groups is 1. The Morgan fingerprint density at radius 1 is 1.42 bits per heavy atom. The van der Waals surface area contributed by atoms with Crippen LogP contribution in [0, 0.1) is 5.92 Å². The summed E-state index contributed by atoms with van der Waals surface area (Å²) in [6.45, 7) is 2.56. The molecule has 1 N–H and O–H groups in total. The van der Waals surface area contributed by atoms with Crippen molar-refractivity contribution in [2.45, 2.75) is 50.8 Å². The molecule has 4 heteroatoms. The monoisotopic (exact) mass is 283 g/mol. The van der Waals surface area contributed by atoms with Crippen LogP contribution < -0.4 is 5.32 Å². The van der Waals surface area contributed by atoms with Gasteiger partial charge in [-0.3, -0.25) is 4.79 Å². The number of furan rings is 1. The summed E-state index contributed by atoms with van der Waals surface area (Å²) in [5.41, 5.74) is 0. The normalized spacial score (nSPS) is 18.2. The van der Waals surface area contributed by atoms with E-state index in [1.54, 1.807) is 12.1 Å². The van der Waals surface area contributed by atoms with Crippen molar-refractivity contribution in [2.24, 2.45) is 5.92 Å². The molecule has 3 nitrogen and oxygen atoms in total. The SMILES string of the molecule is CC(Cl)c1ccc(C(=O)NCCC2CCCCC2)o1. The summed E-state index contributed by atoms with van der Waals surface area (Å²) in [5.74, 6) is 1.63. The van der Waals surface area contributed by atoms with Gasteiger partial charge < -0.3 is 9.73 Å². The highest BCUT2D eigenvalue weighted by Crippen LogP contribution is 2.26. The number of amides is 1. The van der Waals surface area contributed by atoms with Crippen molar-refractivity contribution in [1.29, 1.82) is 0 Å². The highest BCUT2D eigenvalue weighted by Gasteiger charge is 2.15. The van der Waals surface area contributed by atoms with Crippen molar-refractivity contribution in [3.8, 4) is 0 Å². The van der Waals surface area contributed by atoms with Gasteiger partial charge in [0.25, 0.3) is 5.91 Å². The molecule has 0 bridgehead atoms. The predicted molar refractivity (Wildman–Crippen MR) is 76.5 cm³/mol. The van der Waals surface area contributed by atoms with Crippen molar-refractivity contribution >= 4 is 17.5 Å². The molecule has 1 heterocycles. The molecule has 2 rings (SSSR count). The van der Waals surface area contributed by atoms with E-state index in [1.807, 2.05) is 6.92 Å². The van der Waals surface area contributed by atoms with Gasteiger partial charge in [-0.15, -0.1) is 11.6 Å². The van der Waals surface area contributed by atoms with Crippen molar-refractivity contribution in [3.63, 3.8) is 0 Å². The number of alkyl halides is 1. The molecule has 1 atom stereocenters. The van der Waals surface area contributed by atoms with Gasteiger partial charge in [-0.05, 0) is 31.4 Å². The molecule has 0 aromatic carbocycles. The molecular weight excluding hydrogens is 262 g/mol. The van der Waals surface area contributed by atoms with E-state index in [4.69, 9.17) is 16.0 Å².